The van der Waals surface area contributed by atoms with Crippen molar-refractivity contribution < 1.29 is 23.9 Å². The normalized spacial score (nSPS) is 11.2. The van der Waals surface area contributed by atoms with E-state index in [0.29, 0.717) is 6.54 Å². The summed E-state index contributed by atoms with van der Waals surface area (Å²) in [6.07, 6.45) is -0.0602. The molecular formula is C21H24N2O5. The number of carbonyl (C=O) groups is 3. The van der Waals surface area contributed by atoms with Gasteiger partial charge in [0, 0.05) is 13.5 Å². The average molecular weight is 384 g/mol. The van der Waals surface area contributed by atoms with Crippen LogP contribution in [0.25, 0.3) is 0 Å². The van der Waals surface area contributed by atoms with E-state index in [0.717, 1.165) is 16.9 Å². The predicted octanol–water partition coefficient (Wildman–Crippen LogP) is 2.12. The summed E-state index contributed by atoms with van der Waals surface area (Å²) in [6.45, 7) is 1.32. The molecule has 0 aliphatic heterocycles. The van der Waals surface area contributed by atoms with Gasteiger partial charge < -0.3 is 20.1 Å². The molecule has 2 N–H and O–H groups in total. The maximum atomic E-state index is 12.1. The van der Waals surface area contributed by atoms with Crippen molar-refractivity contribution in [2.45, 2.75) is 25.9 Å². The average Bonchev–Trinajstić information content (AvgIpc) is 2.71. The van der Waals surface area contributed by atoms with Gasteiger partial charge >= 0.3 is 5.97 Å². The molecule has 0 saturated carbocycles. The van der Waals surface area contributed by atoms with Gasteiger partial charge in [0.15, 0.2) is 6.61 Å². The van der Waals surface area contributed by atoms with Gasteiger partial charge in [-0.15, -0.1) is 0 Å². The molecule has 0 fully saturated rings. The molecule has 2 rings (SSSR count). The highest BCUT2D eigenvalue weighted by atomic mass is 16.5. The van der Waals surface area contributed by atoms with Crippen LogP contribution in [0.5, 0.6) is 5.75 Å². The van der Waals surface area contributed by atoms with Crippen molar-refractivity contribution in [1.82, 2.24) is 10.6 Å². The number of ether oxygens (including phenoxy) is 2. The first-order chi connectivity index (χ1) is 13.5. The standard InChI is InChI=1S/C21H24N2O5/c1-15(24)23-19(17-6-4-3-5-7-17)12-21(26)28-14-20(25)22-13-16-8-10-18(27-2)11-9-16/h3-11,19H,12-14H2,1-2H3,(H,22,25)(H,23,24)/t19-/m1/s1. The number of amides is 2. The minimum absolute atomic E-state index is 0.0602. The first-order valence-electron chi connectivity index (χ1n) is 8.85. The largest absolute Gasteiger partial charge is 0.497 e. The van der Waals surface area contributed by atoms with E-state index in [4.69, 9.17) is 9.47 Å². The fraction of sp³-hybridized carbons (Fsp3) is 0.286. The van der Waals surface area contributed by atoms with E-state index in [1.54, 1.807) is 19.2 Å². The lowest BCUT2D eigenvalue weighted by molar-refractivity contribution is -0.149. The smallest absolute Gasteiger partial charge is 0.308 e. The van der Waals surface area contributed by atoms with Crippen molar-refractivity contribution in [3.05, 3.63) is 65.7 Å². The SMILES string of the molecule is COc1ccc(CNC(=O)COC(=O)C[C@@H](NC(C)=O)c2ccccc2)cc1. The van der Waals surface area contributed by atoms with E-state index in [9.17, 15) is 14.4 Å². The van der Waals surface area contributed by atoms with E-state index in [1.165, 1.54) is 6.92 Å². The lowest BCUT2D eigenvalue weighted by atomic mass is 10.0. The molecule has 1 atom stereocenters. The minimum Gasteiger partial charge on any atom is -0.497 e. The second-order valence-electron chi connectivity index (χ2n) is 6.15. The number of hydrogen-bond acceptors (Lipinski definition) is 5. The summed E-state index contributed by atoms with van der Waals surface area (Å²) >= 11 is 0. The summed E-state index contributed by atoms with van der Waals surface area (Å²) < 4.78 is 10.1. The molecule has 7 heteroatoms. The van der Waals surface area contributed by atoms with E-state index in [2.05, 4.69) is 10.6 Å². The highest BCUT2D eigenvalue weighted by Crippen LogP contribution is 2.17. The molecular weight excluding hydrogens is 360 g/mol. The molecule has 0 saturated heterocycles. The van der Waals surface area contributed by atoms with Crippen LogP contribution in [0.2, 0.25) is 0 Å². The van der Waals surface area contributed by atoms with Crippen LogP contribution in [0.4, 0.5) is 0 Å². The highest BCUT2D eigenvalue weighted by Gasteiger charge is 2.18. The van der Waals surface area contributed by atoms with Crippen molar-refractivity contribution in [2.24, 2.45) is 0 Å². The molecule has 0 aromatic heterocycles. The van der Waals surface area contributed by atoms with Crippen LogP contribution in [-0.2, 0) is 25.7 Å². The van der Waals surface area contributed by atoms with E-state index < -0.39 is 17.9 Å². The maximum Gasteiger partial charge on any atom is 0.308 e. The molecule has 2 amide bonds. The van der Waals surface area contributed by atoms with E-state index >= 15 is 0 Å². The quantitative estimate of drug-likeness (QED) is 0.646. The van der Waals surface area contributed by atoms with Gasteiger partial charge in [0.25, 0.3) is 5.91 Å². The van der Waals surface area contributed by atoms with Gasteiger partial charge in [0.1, 0.15) is 5.75 Å². The Bertz CT molecular complexity index is 790. The molecule has 0 aliphatic carbocycles. The first kappa shape index (κ1) is 21.0. The molecule has 2 aromatic rings. The minimum atomic E-state index is -0.567. The summed E-state index contributed by atoms with van der Waals surface area (Å²) in [7, 11) is 1.58. The molecule has 7 nitrogen and oxygen atoms in total. The van der Waals surface area contributed by atoms with Gasteiger partial charge in [-0.1, -0.05) is 42.5 Å². The Kier molecular flexibility index (Phi) is 8.02. The molecule has 0 heterocycles. The number of benzene rings is 2. The van der Waals surface area contributed by atoms with E-state index in [1.807, 2.05) is 42.5 Å². The zero-order chi connectivity index (χ0) is 20.4. The second kappa shape index (κ2) is 10.7. The second-order valence-corrected chi connectivity index (χ2v) is 6.15. The highest BCUT2D eigenvalue weighted by molar-refractivity contribution is 5.81. The Balaban J connectivity index is 1.79. The monoisotopic (exact) mass is 384 g/mol. The first-order valence-corrected chi connectivity index (χ1v) is 8.85. The summed E-state index contributed by atoms with van der Waals surface area (Å²) in [5.41, 5.74) is 1.69. The predicted molar refractivity (Wildman–Crippen MR) is 103 cm³/mol. The molecule has 148 valence electrons. The van der Waals surface area contributed by atoms with Gasteiger partial charge in [-0.25, -0.2) is 0 Å². The Morgan fingerprint density at radius 1 is 1.00 bits per heavy atom. The molecule has 28 heavy (non-hydrogen) atoms. The number of esters is 1. The van der Waals surface area contributed by atoms with Gasteiger partial charge in [0.2, 0.25) is 5.91 Å². The van der Waals surface area contributed by atoms with Crippen LogP contribution in [0.3, 0.4) is 0 Å². The lowest BCUT2D eigenvalue weighted by Gasteiger charge is -2.17. The van der Waals surface area contributed by atoms with Crippen molar-refractivity contribution in [3.63, 3.8) is 0 Å². The third-order valence-corrected chi connectivity index (χ3v) is 3.96. The molecule has 0 bridgehead atoms. The van der Waals surface area contributed by atoms with Crippen molar-refractivity contribution in [1.29, 1.82) is 0 Å². The van der Waals surface area contributed by atoms with Crippen LogP contribution < -0.4 is 15.4 Å². The van der Waals surface area contributed by atoms with E-state index in [-0.39, 0.29) is 18.9 Å². The topological polar surface area (TPSA) is 93.7 Å². The zero-order valence-corrected chi connectivity index (χ0v) is 15.9. The van der Waals surface area contributed by atoms with Crippen molar-refractivity contribution >= 4 is 17.8 Å². The number of hydrogen-bond donors (Lipinski definition) is 2. The number of methoxy groups -OCH3 is 1. The molecule has 2 aromatic carbocycles. The van der Waals surface area contributed by atoms with Crippen LogP contribution in [0.15, 0.2) is 54.6 Å². The summed E-state index contributed by atoms with van der Waals surface area (Å²) in [5, 5.41) is 5.40. The van der Waals surface area contributed by atoms with Crippen molar-refractivity contribution in [2.75, 3.05) is 13.7 Å². The fourth-order valence-corrected chi connectivity index (χ4v) is 2.55. The lowest BCUT2D eigenvalue weighted by Crippen LogP contribution is -2.31. The maximum absolute atomic E-state index is 12.1. The number of rotatable bonds is 9. The summed E-state index contributed by atoms with van der Waals surface area (Å²) in [4.78, 5) is 35.4. The molecule has 0 radical (unpaired) electrons. The third-order valence-electron chi connectivity index (χ3n) is 3.96. The molecule has 0 unspecified atom stereocenters. The third kappa shape index (κ3) is 7.11. The summed E-state index contributed by atoms with van der Waals surface area (Å²) in [6, 6.07) is 15.9. The fourth-order valence-electron chi connectivity index (χ4n) is 2.55. The Morgan fingerprint density at radius 2 is 1.68 bits per heavy atom. The molecule has 0 aliphatic rings. The van der Waals surface area contributed by atoms with Gasteiger partial charge in [-0.05, 0) is 23.3 Å². The van der Waals surface area contributed by atoms with Gasteiger partial charge in [-0.3, -0.25) is 14.4 Å². The Labute approximate surface area is 164 Å². The van der Waals surface area contributed by atoms with Gasteiger partial charge in [-0.2, -0.15) is 0 Å². The molecule has 0 spiro atoms. The van der Waals surface area contributed by atoms with Crippen molar-refractivity contribution in [3.8, 4) is 5.75 Å². The number of nitrogens with one attached hydrogen (secondary N) is 2. The Morgan fingerprint density at radius 3 is 2.29 bits per heavy atom. The summed E-state index contributed by atoms with van der Waals surface area (Å²) in [5.74, 6) is -0.489. The van der Waals surface area contributed by atoms with Crippen LogP contribution in [0, 0.1) is 0 Å². The van der Waals surface area contributed by atoms with Gasteiger partial charge in [0.05, 0.1) is 19.6 Å². The van der Waals surface area contributed by atoms with Crippen LogP contribution >= 0.6 is 0 Å². The Hall–Kier alpha value is -3.35. The van der Waals surface area contributed by atoms with Crippen LogP contribution in [-0.4, -0.2) is 31.5 Å². The number of carbonyl (C=O) groups excluding carboxylic acids is 3. The van der Waals surface area contributed by atoms with Crippen LogP contribution in [0.1, 0.15) is 30.5 Å². The zero-order valence-electron chi connectivity index (χ0n) is 15.9.